The van der Waals surface area contributed by atoms with Gasteiger partial charge in [0.15, 0.2) is 0 Å². The minimum atomic E-state index is 0.280. The maximum absolute atomic E-state index is 8.95. The van der Waals surface area contributed by atoms with Gasteiger partial charge in [-0.15, -0.1) is 0 Å². The Bertz CT molecular complexity index is 322. The molecule has 2 N–H and O–H groups in total. The molecule has 0 radical (unpaired) electrons. The molecule has 2 nitrogen and oxygen atoms in total. The number of para-hydroxylation sites is 1. The molecular formula is C12H17NO. The first-order valence-corrected chi connectivity index (χ1v) is 5.33. The van der Waals surface area contributed by atoms with Gasteiger partial charge >= 0.3 is 0 Å². The number of hydrogen-bond donors (Lipinski definition) is 2. The molecule has 0 saturated carbocycles. The number of benzene rings is 1. The van der Waals surface area contributed by atoms with Crippen LogP contribution >= 0.6 is 0 Å². The second-order valence-corrected chi connectivity index (χ2v) is 3.83. The maximum atomic E-state index is 8.95. The first-order valence-electron chi connectivity index (χ1n) is 5.33. The van der Waals surface area contributed by atoms with Crippen LogP contribution in [-0.2, 0) is 6.42 Å². The Hall–Kier alpha value is -1.02. The van der Waals surface area contributed by atoms with E-state index in [0.717, 1.165) is 19.4 Å². The second kappa shape index (κ2) is 4.01. The maximum Gasteiger partial charge on any atom is 0.0437 e. The quantitative estimate of drug-likeness (QED) is 0.767. The van der Waals surface area contributed by atoms with Gasteiger partial charge in [0, 0.05) is 24.8 Å². The van der Waals surface area contributed by atoms with E-state index in [9.17, 15) is 0 Å². The second-order valence-electron chi connectivity index (χ2n) is 3.83. The third-order valence-electron chi connectivity index (χ3n) is 3.01. The SMILES string of the molecule is CCc1cccc2c1NCC2CCO. The van der Waals surface area contributed by atoms with E-state index in [-0.39, 0.29) is 6.61 Å². The smallest absolute Gasteiger partial charge is 0.0437 e. The summed E-state index contributed by atoms with van der Waals surface area (Å²) in [5.74, 6) is 0.501. The highest BCUT2D eigenvalue weighted by Crippen LogP contribution is 2.35. The Morgan fingerprint density at radius 3 is 3.07 bits per heavy atom. The molecule has 0 saturated heterocycles. The van der Waals surface area contributed by atoms with E-state index in [1.165, 1.54) is 16.8 Å². The minimum absolute atomic E-state index is 0.280. The van der Waals surface area contributed by atoms with Gasteiger partial charge in [-0.1, -0.05) is 25.1 Å². The summed E-state index contributed by atoms with van der Waals surface area (Å²) in [4.78, 5) is 0. The Morgan fingerprint density at radius 1 is 1.50 bits per heavy atom. The first kappa shape index (κ1) is 9.53. The molecule has 1 aromatic rings. The fourth-order valence-electron chi connectivity index (χ4n) is 2.22. The van der Waals surface area contributed by atoms with Crippen molar-refractivity contribution in [2.45, 2.75) is 25.7 Å². The predicted molar refractivity (Wildman–Crippen MR) is 58.8 cm³/mol. The van der Waals surface area contributed by atoms with Gasteiger partial charge in [-0.3, -0.25) is 0 Å². The topological polar surface area (TPSA) is 32.3 Å². The fourth-order valence-corrected chi connectivity index (χ4v) is 2.22. The average molecular weight is 191 g/mol. The van der Waals surface area contributed by atoms with Gasteiger partial charge in [0.05, 0.1) is 0 Å². The van der Waals surface area contributed by atoms with E-state index in [4.69, 9.17) is 5.11 Å². The van der Waals surface area contributed by atoms with Crippen LogP contribution in [0.25, 0.3) is 0 Å². The number of aliphatic hydroxyl groups excluding tert-OH is 1. The number of rotatable bonds is 3. The van der Waals surface area contributed by atoms with Crippen molar-refractivity contribution in [1.82, 2.24) is 0 Å². The molecule has 0 amide bonds. The molecule has 76 valence electrons. The number of aryl methyl sites for hydroxylation is 1. The molecule has 2 rings (SSSR count). The van der Waals surface area contributed by atoms with E-state index in [1.54, 1.807) is 0 Å². The highest BCUT2D eigenvalue weighted by atomic mass is 16.3. The number of fused-ring (bicyclic) bond motifs is 1. The Morgan fingerprint density at radius 2 is 2.36 bits per heavy atom. The van der Waals surface area contributed by atoms with Crippen LogP contribution in [0.15, 0.2) is 18.2 Å². The lowest BCUT2D eigenvalue weighted by Gasteiger charge is -2.08. The molecule has 1 unspecified atom stereocenters. The van der Waals surface area contributed by atoms with Crippen LogP contribution in [0.1, 0.15) is 30.4 Å². The van der Waals surface area contributed by atoms with Gasteiger partial charge in [0.2, 0.25) is 0 Å². The highest BCUT2D eigenvalue weighted by molar-refractivity contribution is 5.63. The fraction of sp³-hybridized carbons (Fsp3) is 0.500. The van der Waals surface area contributed by atoms with Crippen LogP contribution in [0.3, 0.4) is 0 Å². The van der Waals surface area contributed by atoms with Gasteiger partial charge < -0.3 is 10.4 Å². The van der Waals surface area contributed by atoms with Gasteiger partial charge in [-0.25, -0.2) is 0 Å². The summed E-state index contributed by atoms with van der Waals surface area (Å²) in [7, 11) is 0. The molecule has 1 atom stereocenters. The van der Waals surface area contributed by atoms with Crippen molar-refractivity contribution in [2.75, 3.05) is 18.5 Å². The Labute approximate surface area is 85.0 Å². The molecule has 1 heterocycles. The number of hydrogen-bond acceptors (Lipinski definition) is 2. The summed E-state index contributed by atoms with van der Waals surface area (Å²) < 4.78 is 0. The van der Waals surface area contributed by atoms with Crippen molar-refractivity contribution in [2.24, 2.45) is 0 Å². The summed E-state index contributed by atoms with van der Waals surface area (Å²) in [5.41, 5.74) is 4.09. The molecule has 2 heteroatoms. The first-order chi connectivity index (χ1) is 6.86. The van der Waals surface area contributed by atoms with E-state index in [1.807, 2.05) is 0 Å². The van der Waals surface area contributed by atoms with Crippen LogP contribution in [0.4, 0.5) is 5.69 Å². The van der Waals surface area contributed by atoms with Crippen LogP contribution in [-0.4, -0.2) is 18.3 Å². The molecule has 1 aliphatic rings. The number of aliphatic hydroxyl groups is 1. The van der Waals surface area contributed by atoms with E-state index in [2.05, 4.69) is 30.4 Å². The van der Waals surface area contributed by atoms with Crippen LogP contribution < -0.4 is 5.32 Å². The number of anilines is 1. The van der Waals surface area contributed by atoms with E-state index >= 15 is 0 Å². The van der Waals surface area contributed by atoms with Gasteiger partial charge in [-0.05, 0) is 24.0 Å². The zero-order valence-electron chi connectivity index (χ0n) is 8.59. The number of nitrogens with one attached hydrogen (secondary N) is 1. The standard InChI is InChI=1S/C12H17NO/c1-2-9-4-3-5-11-10(6-7-14)8-13-12(9)11/h3-5,10,13-14H,2,6-8H2,1H3. The van der Waals surface area contributed by atoms with Crippen molar-refractivity contribution in [3.8, 4) is 0 Å². The average Bonchev–Trinajstić information content (AvgIpc) is 2.62. The highest BCUT2D eigenvalue weighted by Gasteiger charge is 2.22. The molecule has 0 fully saturated rings. The molecule has 0 aliphatic carbocycles. The Balaban J connectivity index is 2.31. The van der Waals surface area contributed by atoms with Crippen LogP contribution in [0, 0.1) is 0 Å². The minimum Gasteiger partial charge on any atom is -0.396 e. The van der Waals surface area contributed by atoms with Crippen molar-refractivity contribution in [3.63, 3.8) is 0 Å². The summed E-state index contributed by atoms with van der Waals surface area (Å²) in [5, 5.41) is 12.4. The molecule has 1 aliphatic heterocycles. The molecule has 0 spiro atoms. The monoisotopic (exact) mass is 191 g/mol. The molecule has 0 aromatic heterocycles. The zero-order valence-corrected chi connectivity index (χ0v) is 8.59. The van der Waals surface area contributed by atoms with Crippen molar-refractivity contribution < 1.29 is 5.11 Å². The van der Waals surface area contributed by atoms with Gasteiger partial charge in [0.25, 0.3) is 0 Å². The molecular weight excluding hydrogens is 174 g/mol. The largest absolute Gasteiger partial charge is 0.396 e. The van der Waals surface area contributed by atoms with E-state index < -0.39 is 0 Å². The lowest BCUT2D eigenvalue weighted by atomic mass is 9.96. The lowest BCUT2D eigenvalue weighted by molar-refractivity contribution is 0.278. The van der Waals surface area contributed by atoms with Crippen molar-refractivity contribution in [1.29, 1.82) is 0 Å². The molecule has 14 heavy (non-hydrogen) atoms. The third-order valence-corrected chi connectivity index (χ3v) is 3.01. The third kappa shape index (κ3) is 1.50. The molecule has 1 aromatic carbocycles. The Kier molecular flexibility index (Phi) is 2.73. The summed E-state index contributed by atoms with van der Waals surface area (Å²) >= 11 is 0. The molecule has 0 bridgehead atoms. The summed E-state index contributed by atoms with van der Waals surface area (Å²) in [6, 6.07) is 6.47. The van der Waals surface area contributed by atoms with Gasteiger partial charge in [0.1, 0.15) is 0 Å². The normalized spacial score (nSPS) is 19.1. The van der Waals surface area contributed by atoms with Crippen molar-refractivity contribution >= 4 is 5.69 Å². The lowest BCUT2D eigenvalue weighted by Crippen LogP contribution is -2.03. The van der Waals surface area contributed by atoms with E-state index in [0.29, 0.717) is 5.92 Å². The zero-order chi connectivity index (χ0) is 9.97. The summed E-state index contributed by atoms with van der Waals surface area (Å²) in [6.45, 7) is 3.44. The van der Waals surface area contributed by atoms with Crippen LogP contribution in [0.5, 0.6) is 0 Å². The summed E-state index contributed by atoms with van der Waals surface area (Å²) in [6.07, 6.45) is 1.94. The van der Waals surface area contributed by atoms with Gasteiger partial charge in [-0.2, -0.15) is 0 Å². The van der Waals surface area contributed by atoms with Crippen molar-refractivity contribution in [3.05, 3.63) is 29.3 Å². The van der Waals surface area contributed by atoms with Crippen LogP contribution in [0.2, 0.25) is 0 Å². The predicted octanol–water partition coefficient (Wildman–Crippen LogP) is 2.14.